The van der Waals surface area contributed by atoms with Gasteiger partial charge in [0.05, 0.1) is 24.5 Å². The molecule has 1 unspecified atom stereocenters. The Bertz CT molecular complexity index is 1380. The number of aryl methyl sites for hydroxylation is 1. The highest BCUT2D eigenvalue weighted by molar-refractivity contribution is 7.21. The average Bonchev–Trinajstić information content (AvgIpc) is 3.33. The van der Waals surface area contributed by atoms with Crippen LogP contribution >= 0.6 is 22.7 Å². The summed E-state index contributed by atoms with van der Waals surface area (Å²) in [5.41, 5.74) is 9.84. The van der Waals surface area contributed by atoms with Crippen LogP contribution in [0.15, 0.2) is 6.07 Å². The van der Waals surface area contributed by atoms with Crippen molar-refractivity contribution in [2.45, 2.75) is 60.8 Å². The lowest BCUT2D eigenvalue weighted by atomic mass is 9.71. The van der Waals surface area contributed by atoms with Gasteiger partial charge in [-0.15, -0.1) is 22.7 Å². The second kappa shape index (κ2) is 10.4. The summed E-state index contributed by atoms with van der Waals surface area (Å²) in [7, 11) is 0. The Morgan fingerprint density at radius 1 is 1.11 bits per heavy atom. The van der Waals surface area contributed by atoms with Gasteiger partial charge >= 0.3 is 11.9 Å². The third-order valence-corrected chi connectivity index (χ3v) is 9.13. The molecule has 1 aliphatic carbocycles. The van der Waals surface area contributed by atoms with E-state index in [-0.39, 0.29) is 34.1 Å². The van der Waals surface area contributed by atoms with Crippen molar-refractivity contribution in [3.05, 3.63) is 38.2 Å². The normalized spacial score (nSPS) is 15.4. The van der Waals surface area contributed by atoms with Gasteiger partial charge in [0.2, 0.25) is 0 Å². The molecule has 0 saturated carbocycles. The van der Waals surface area contributed by atoms with E-state index in [9.17, 15) is 14.4 Å². The molecule has 0 saturated heterocycles. The number of esters is 2. The highest BCUT2D eigenvalue weighted by atomic mass is 32.1. The van der Waals surface area contributed by atoms with E-state index in [0.717, 1.165) is 46.5 Å². The van der Waals surface area contributed by atoms with Crippen molar-refractivity contribution >= 4 is 61.4 Å². The van der Waals surface area contributed by atoms with Crippen molar-refractivity contribution in [1.29, 1.82) is 0 Å². The molecular formula is C27H33N3O5S2. The molecule has 0 radical (unpaired) electrons. The Morgan fingerprint density at radius 3 is 2.43 bits per heavy atom. The number of fused-ring (bicyclic) bond motifs is 2. The number of hydrogen-bond donors (Lipinski definition) is 2. The fraction of sp³-hybridized carbons (Fsp3) is 0.481. The van der Waals surface area contributed by atoms with Crippen LogP contribution in [-0.2, 0) is 22.3 Å². The molecule has 1 aliphatic rings. The van der Waals surface area contributed by atoms with E-state index in [1.165, 1.54) is 16.9 Å². The Balaban J connectivity index is 1.69. The van der Waals surface area contributed by atoms with E-state index in [0.29, 0.717) is 22.0 Å². The first-order valence-electron chi connectivity index (χ1n) is 12.5. The molecular weight excluding hydrogens is 510 g/mol. The Kier molecular flexibility index (Phi) is 7.62. The maximum absolute atomic E-state index is 13.4. The molecule has 0 aromatic carbocycles. The quantitative estimate of drug-likeness (QED) is 0.366. The van der Waals surface area contributed by atoms with Gasteiger partial charge in [0.1, 0.15) is 19.6 Å². The van der Waals surface area contributed by atoms with Gasteiger partial charge < -0.3 is 20.5 Å². The molecule has 1 atom stereocenters. The van der Waals surface area contributed by atoms with E-state index < -0.39 is 17.8 Å². The van der Waals surface area contributed by atoms with Gasteiger partial charge in [-0.05, 0) is 68.6 Å². The van der Waals surface area contributed by atoms with Crippen molar-refractivity contribution in [2.24, 2.45) is 11.3 Å². The molecule has 0 aliphatic heterocycles. The second-order valence-corrected chi connectivity index (χ2v) is 12.3. The number of nitrogen functional groups attached to an aromatic ring is 1. The van der Waals surface area contributed by atoms with Crippen molar-refractivity contribution in [1.82, 2.24) is 4.98 Å². The van der Waals surface area contributed by atoms with E-state index in [4.69, 9.17) is 20.2 Å². The predicted molar refractivity (Wildman–Crippen MR) is 148 cm³/mol. The maximum atomic E-state index is 13.4. The molecule has 10 heteroatoms. The minimum absolute atomic E-state index is 0.143. The number of anilines is 2. The molecule has 198 valence electrons. The van der Waals surface area contributed by atoms with Gasteiger partial charge in [-0.2, -0.15) is 0 Å². The number of thiophene rings is 2. The monoisotopic (exact) mass is 543 g/mol. The minimum Gasteiger partial charge on any atom is -0.462 e. The van der Waals surface area contributed by atoms with Crippen LogP contribution < -0.4 is 11.1 Å². The largest absolute Gasteiger partial charge is 0.462 e. The lowest BCUT2D eigenvalue weighted by Crippen LogP contribution is -2.27. The fourth-order valence-corrected chi connectivity index (χ4v) is 6.78. The minimum atomic E-state index is -0.617. The Morgan fingerprint density at radius 2 is 1.78 bits per heavy atom. The predicted octanol–water partition coefficient (Wildman–Crippen LogP) is 6.01. The summed E-state index contributed by atoms with van der Waals surface area (Å²) < 4.78 is 10.3. The summed E-state index contributed by atoms with van der Waals surface area (Å²) in [5.74, 6) is -1.08. The molecule has 3 aromatic heterocycles. The first kappa shape index (κ1) is 27.1. The van der Waals surface area contributed by atoms with Crippen LogP contribution in [0.25, 0.3) is 10.2 Å². The number of nitrogens with zero attached hydrogens (tertiary/aromatic N) is 1. The molecule has 1 amide bonds. The van der Waals surface area contributed by atoms with Gasteiger partial charge in [0.25, 0.3) is 5.91 Å². The van der Waals surface area contributed by atoms with Gasteiger partial charge in [-0.3, -0.25) is 4.79 Å². The molecule has 0 spiro atoms. The Hall–Kier alpha value is -2.98. The molecule has 0 fully saturated rings. The maximum Gasteiger partial charge on any atom is 0.348 e. The SMILES string of the molecule is CCOC(=O)c1sc(NC(=O)c2sc3nc4c(cc3c2N)CC(C(C)(C)C)CC4)c(C(=O)OCC)c1C. The van der Waals surface area contributed by atoms with Gasteiger partial charge in [0.15, 0.2) is 0 Å². The molecule has 0 bridgehead atoms. The van der Waals surface area contributed by atoms with Crippen LogP contribution in [0.4, 0.5) is 10.7 Å². The number of hydrogen-bond acceptors (Lipinski definition) is 9. The van der Waals surface area contributed by atoms with Gasteiger partial charge in [-0.1, -0.05) is 20.8 Å². The van der Waals surface area contributed by atoms with Crippen molar-refractivity contribution in [3.8, 4) is 0 Å². The second-order valence-electron chi connectivity index (χ2n) is 10.3. The lowest BCUT2D eigenvalue weighted by Gasteiger charge is -2.34. The van der Waals surface area contributed by atoms with Crippen LogP contribution in [0.5, 0.6) is 0 Å². The number of rotatable bonds is 6. The summed E-state index contributed by atoms with van der Waals surface area (Å²) in [6.07, 6.45) is 2.92. The highest BCUT2D eigenvalue weighted by Gasteiger charge is 2.31. The average molecular weight is 544 g/mol. The smallest absolute Gasteiger partial charge is 0.348 e. The van der Waals surface area contributed by atoms with Crippen LogP contribution in [0.2, 0.25) is 0 Å². The molecule has 37 heavy (non-hydrogen) atoms. The number of nitrogens with one attached hydrogen (secondary N) is 1. The van der Waals surface area contributed by atoms with Gasteiger partial charge in [0, 0.05) is 11.1 Å². The number of nitrogens with two attached hydrogens (primary N) is 1. The highest BCUT2D eigenvalue weighted by Crippen LogP contribution is 2.41. The van der Waals surface area contributed by atoms with E-state index in [1.807, 2.05) is 0 Å². The first-order chi connectivity index (χ1) is 17.5. The first-order valence-corrected chi connectivity index (χ1v) is 14.1. The lowest BCUT2D eigenvalue weighted by molar-refractivity contribution is 0.0527. The molecule has 3 N–H and O–H groups in total. The number of carbonyl (C=O) groups is 3. The molecule has 3 aromatic rings. The number of pyridine rings is 1. The van der Waals surface area contributed by atoms with Crippen LogP contribution in [0.3, 0.4) is 0 Å². The van der Waals surface area contributed by atoms with Crippen LogP contribution in [-0.4, -0.2) is 36.0 Å². The summed E-state index contributed by atoms with van der Waals surface area (Å²) in [6, 6.07) is 2.08. The third-order valence-electron chi connectivity index (χ3n) is 6.83. The van der Waals surface area contributed by atoms with Crippen molar-refractivity contribution in [2.75, 3.05) is 24.3 Å². The zero-order valence-electron chi connectivity index (χ0n) is 22.1. The standard InChI is InChI=1S/C27H33N3O5S2/c1-7-34-25(32)18-13(3)20(26(33)35-8-2)36-24(18)30-22(31)21-19(28)16-12-14-11-15(27(4,5)6)9-10-17(14)29-23(16)37-21/h12,15H,7-11,28H2,1-6H3,(H,30,31). The summed E-state index contributed by atoms with van der Waals surface area (Å²) in [6.45, 7) is 12.2. The van der Waals surface area contributed by atoms with E-state index >= 15 is 0 Å². The van der Waals surface area contributed by atoms with E-state index in [2.05, 4.69) is 32.2 Å². The van der Waals surface area contributed by atoms with Crippen molar-refractivity contribution < 1.29 is 23.9 Å². The zero-order valence-corrected chi connectivity index (χ0v) is 23.7. The fourth-order valence-electron chi connectivity index (χ4n) is 4.70. The summed E-state index contributed by atoms with van der Waals surface area (Å²) in [4.78, 5) is 44.7. The third kappa shape index (κ3) is 5.22. The summed E-state index contributed by atoms with van der Waals surface area (Å²) in [5, 5.41) is 3.79. The molecule has 4 rings (SSSR count). The Labute approximate surface area is 224 Å². The number of ether oxygens (including phenoxy) is 2. The summed E-state index contributed by atoms with van der Waals surface area (Å²) >= 11 is 2.22. The van der Waals surface area contributed by atoms with Crippen molar-refractivity contribution in [3.63, 3.8) is 0 Å². The zero-order chi connectivity index (χ0) is 27.1. The number of amides is 1. The van der Waals surface area contributed by atoms with Crippen LogP contribution in [0.1, 0.15) is 87.6 Å². The number of carbonyl (C=O) groups excluding carboxylic acids is 3. The molecule has 8 nitrogen and oxygen atoms in total. The van der Waals surface area contributed by atoms with Crippen LogP contribution in [0, 0.1) is 18.3 Å². The topological polar surface area (TPSA) is 121 Å². The van der Waals surface area contributed by atoms with E-state index in [1.54, 1.807) is 20.8 Å². The van der Waals surface area contributed by atoms with Gasteiger partial charge in [-0.25, -0.2) is 14.6 Å². The number of aromatic nitrogens is 1. The molecule has 3 heterocycles.